The van der Waals surface area contributed by atoms with E-state index in [1.807, 2.05) is 29.6 Å². The van der Waals surface area contributed by atoms with E-state index < -0.39 is 0 Å². The molecule has 0 spiro atoms. The Morgan fingerprint density at radius 3 is 2.86 bits per heavy atom. The zero-order valence-corrected chi connectivity index (χ0v) is 11.5. The molecular weight excluding hydrogens is 266 g/mol. The predicted molar refractivity (Wildman–Crippen MR) is 77.6 cm³/mol. The summed E-state index contributed by atoms with van der Waals surface area (Å²) in [6.45, 7) is 2.31. The third-order valence-corrected chi connectivity index (χ3v) is 3.61. The van der Waals surface area contributed by atoms with Crippen LogP contribution < -0.4 is 5.06 Å². The maximum atomic E-state index is 5.99. The molecule has 3 heterocycles. The van der Waals surface area contributed by atoms with E-state index in [1.165, 1.54) is 0 Å². The van der Waals surface area contributed by atoms with Crippen molar-refractivity contribution in [2.24, 2.45) is 0 Å². The van der Waals surface area contributed by atoms with Crippen LogP contribution in [0.3, 0.4) is 0 Å². The third kappa shape index (κ3) is 2.23. The molecule has 106 valence electrons. The number of nitrogens with zero attached hydrogens (tertiary/aromatic N) is 5. The first-order valence-corrected chi connectivity index (χ1v) is 7.02. The lowest BCUT2D eigenvalue weighted by Gasteiger charge is -2.31. The lowest BCUT2D eigenvalue weighted by molar-refractivity contribution is 0.0839. The number of aromatic nitrogens is 4. The predicted octanol–water partition coefficient (Wildman–Crippen LogP) is 2.12. The lowest BCUT2D eigenvalue weighted by atomic mass is 10.2. The first-order valence-electron chi connectivity index (χ1n) is 7.02. The van der Waals surface area contributed by atoms with Crippen molar-refractivity contribution in [2.45, 2.75) is 19.6 Å². The van der Waals surface area contributed by atoms with Gasteiger partial charge in [0.25, 0.3) is 0 Å². The summed E-state index contributed by atoms with van der Waals surface area (Å²) >= 11 is 0. The van der Waals surface area contributed by atoms with Crippen molar-refractivity contribution in [1.82, 2.24) is 19.5 Å². The van der Waals surface area contributed by atoms with E-state index in [9.17, 15) is 0 Å². The molecule has 0 N–H and O–H groups in total. The van der Waals surface area contributed by atoms with Gasteiger partial charge in [-0.15, -0.1) is 0 Å². The molecule has 21 heavy (non-hydrogen) atoms. The fraction of sp³-hybridized carbons (Fsp3) is 0.267. The Kier molecular flexibility index (Phi) is 3.01. The van der Waals surface area contributed by atoms with Gasteiger partial charge in [-0.3, -0.25) is 4.84 Å². The van der Waals surface area contributed by atoms with Crippen molar-refractivity contribution < 1.29 is 4.84 Å². The van der Waals surface area contributed by atoms with Gasteiger partial charge in [-0.05, 0) is 12.0 Å². The SMILES string of the molecule is c1ccc(CON2CCCn3cnc4ncnc-4c32)cc1. The molecule has 0 amide bonds. The Labute approximate surface area is 122 Å². The minimum absolute atomic E-state index is 0.540. The van der Waals surface area contributed by atoms with Crippen molar-refractivity contribution in [3.63, 3.8) is 0 Å². The zero-order chi connectivity index (χ0) is 14.1. The van der Waals surface area contributed by atoms with Crippen molar-refractivity contribution >= 4 is 5.82 Å². The number of imidazole rings is 1. The largest absolute Gasteiger partial charge is 0.315 e. The molecule has 6 heteroatoms. The van der Waals surface area contributed by atoms with E-state index in [2.05, 4.69) is 31.7 Å². The standard InChI is InChI=1S/C15H15N5O/c1-2-5-12(6-3-1)9-21-20-8-4-7-19-11-18-14-13(15(19)20)16-10-17-14/h1-3,5-6,10-11H,4,7-9H2. The summed E-state index contributed by atoms with van der Waals surface area (Å²) in [6, 6.07) is 10.2. The molecule has 3 aliphatic rings. The Hall–Kier alpha value is -2.47. The molecule has 0 atom stereocenters. The summed E-state index contributed by atoms with van der Waals surface area (Å²) in [5, 5.41) is 1.91. The van der Waals surface area contributed by atoms with Gasteiger partial charge in [0.1, 0.15) is 6.33 Å². The van der Waals surface area contributed by atoms with Crippen LogP contribution in [-0.4, -0.2) is 26.1 Å². The molecule has 0 fully saturated rings. The molecule has 0 aliphatic carbocycles. The van der Waals surface area contributed by atoms with E-state index in [1.54, 1.807) is 6.33 Å². The average Bonchev–Trinajstić information content (AvgIpc) is 3.02. The second-order valence-electron chi connectivity index (χ2n) is 5.02. The summed E-state index contributed by atoms with van der Waals surface area (Å²) in [7, 11) is 0. The van der Waals surface area contributed by atoms with E-state index in [0.29, 0.717) is 12.4 Å². The monoisotopic (exact) mass is 281 g/mol. The first-order chi connectivity index (χ1) is 10.4. The Morgan fingerprint density at radius 2 is 1.95 bits per heavy atom. The quantitative estimate of drug-likeness (QED) is 0.736. The van der Waals surface area contributed by atoms with Crippen LogP contribution in [0.2, 0.25) is 0 Å². The molecule has 0 aromatic heterocycles. The van der Waals surface area contributed by atoms with Gasteiger partial charge in [-0.1, -0.05) is 30.3 Å². The van der Waals surface area contributed by atoms with Gasteiger partial charge in [0.15, 0.2) is 17.3 Å². The Balaban J connectivity index is 1.62. The fourth-order valence-electron chi connectivity index (χ4n) is 2.60. The van der Waals surface area contributed by atoms with Gasteiger partial charge in [-0.2, -0.15) is 0 Å². The minimum atomic E-state index is 0.540. The van der Waals surface area contributed by atoms with Gasteiger partial charge in [0.05, 0.1) is 12.9 Å². The van der Waals surface area contributed by atoms with Crippen molar-refractivity contribution in [3.05, 3.63) is 48.5 Å². The van der Waals surface area contributed by atoms with Crippen LogP contribution in [0.5, 0.6) is 0 Å². The molecule has 0 saturated carbocycles. The highest BCUT2D eigenvalue weighted by molar-refractivity contribution is 5.67. The van der Waals surface area contributed by atoms with Gasteiger partial charge < -0.3 is 4.57 Å². The minimum Gasteiger partial charge on any atom is -0.315 e. The summed E-state index contributed by atoms with van der Waals surface area (Å²) in [6.07, 6.45) is 4.38. The fourth-order valence-corrected chi connectivity index (χ4v) is 2.60. The van der Waals surface area contributed by atoms with E-state index in [4.69, 9.17) is 4.84 Å². The molecule has 0 bridgehead atoms. The highest BCUT2D eigenvalue weighted by atomic mass is 16.7. The molecule has 0 radical (unpaired) electrons. The average molecular weight is 281 g/mol. The normalized spacial score (nSPS) is 14.4. The van der Waals surface area contributed by atoms with Crippen LogP contribution in [0.4, 0.5) is 5.82 Å². The molecule has 6 nitrogen and oxygen atoms in total. The molecule has 0 unspecified atom stereocenters. The number of anilines is 1. The lowest BCUT2D eigenvalue weighted by Crippen LogP contribution is -2.33. The summed E-state index contributed by atoms with van der Waals surface area (Å²) in [5.74, 6) is 1.61. The van der Waals surface area contributed by atoms with Crippen LogP contribution in [-0.2, 0) is 18.0 Å². The third-order valence-electron chi connectivity index (χ3n) is 3.61. The van der Waals surface area contributed by atoms with Crippen LogP contribution in [0, 0.1) is 0 Å². The number of fused-ring (bicyclic) bond motifs is 3. The smallest absolute Gasteiger partial charge is 0.185 e. The zero-order valence-electron chi connectivity index (χ0n) is 11.5. The summed E-state index contributed by atoms with van der Waals surface area (Å²) in [5.41, 5.74) is 1.94. The van der Waals surface area contributed by atoms with Crippen LogP contribution in [0.15, 0.2) is 43.0 Å². The van der Waals surface area contributed by atoms with Crippen LogP contribution in [0.25, 0.3) is 11.5 Å². The summed E-state index contributed by atoms with van der Waals surface area (Å²) in [4.78, 5) is 18.8. The second kappa shape index (κ2) is 5.14. The maximum Gasteiger partial charge on any atom is 0.185 e. The topological polar surface area (TPSA) is 56.1 Å². The molecular formula is C15H15N5O. The van der Waals surface area contributed by atoms with E-state index in [0.717, 1.165) is 36.6 Å². The van der Waals surface area contributed by atoms with Gasteiger partial charge in [0, 0.05) is 13.1 Å². The van der Waals surface area contributed by atoms with Gasteiger partial charge in [-0.25, -0.2) is 20.0 Å². The van der Waals surface area contributed by atoms with Crippen molar-refractivity contribution in [2.75, 3.05) is 11.6 Å². The molecule has 1 aromatic rings. The van der Waals surface area contributed by atoms with Crippen LogP contribution in [0.1, 0.15) is 12.0 Å². The van der Waals surface area contributed by atoms with Gasteiger partial charge in [0.2, 0.25) is 0 Å². The maximum absolute atomic E-state index is 5.99. The number of aryl methyl sites for hydroxylation is 1. The molecule has 0 saturated heterocycles. The number of hydrogen-bond donors (Lipinski definition) is 0. The van der Waals surface area contributed by atoms with Gasteiger partial charge >= 0.3 is 0 Å². The number of benzene rings is 1. The number of hydrogen-bond acceptors (Lipinski definition) is 5. The first kappa shape index (κ1) is 12.3. The Morgan fingerprint density at radius 1 is 1.05 bits per heavy atom. The molecule has 4 rings (SSSR count). The highest BCUT2D eigenvalue weighted by Crippen LogP contribution is 2.31. The molecule has 1 aromatic carbocycles. The molecule has 3 aliphatic heterocycles. The highest BCUT2D eigenvalue weighted by Gasteiger charge is 2.25. The number of rotatable bonds is 3. The van der Waals surface area contributed by atoms with E-state index >= 15 is 0 Å². The summed E-state index contributed by atoms with van der Waals surface area (Å²) < 4.78 is 2.07. The van der Waals surface area contributed by atoms with Crippen molar-refractivity contribution in [3.8, 4) is 11.5 Å². The Bertz CT molecular complexity index is 711. The van der Waals surface area contributed by atoms with E-state index in [-0.39, 0.29) is 0 Å². The number of hydroxylamine groups is 1. The van der Waals surface area contributed by atoms with Crippen LogP contribution >= 0.6 is 0 Å². The van der Waals surface area contributed by atoms with Crippen molar-refractivity contribution in [1.29, 1.82) is 0 Å². The second-order valence-corrected chi connectivity index (χ2v) is 5.02.